The van der Waals surface area contributed by atoms with E-state index in [1.54, 1.807) is 17.0 Å². The summed E-state index contributed by atoms with van der Waals surface area (Å²) in [4.78, 5) is 27.3. The summed E-state index contributed by atoms with van der Waals surface area (Å²) in [7, 11) is 0. The number of hydrogen-bond donors (Lipinski definition) is 1. The van der Waals surface area contributed by atoms with Crippen LogP contribution in [0.15, 0.2) is 41.2 Å². The number of carbonyl (C=O) groups is 1. The van der Waals surface area contributed by atoms with Crippen LogP contribution in [0.2, 0.25) is 4.34 Å². The standard InChI is InChI=1S/C17H16ClN3O2S/c1-2-21(10-11-7-8-15(18)24-11)16(22)9-14-12-5-3-4-6-13(12)17(23)20-19-14/h3-8H,2,9-10H2,1H3,(H,20,23). The van der Waals surface area contributed by atoms with Gasteiger partial charge in [-0.05, 0) is 25.1 Å². The van der Waals surface area contributed by atoms with Crippen LogP contribution in [0.25, 0.3) is 10.8 Å². The van der Waals surface area contributed by atoms with Gasteiger partial charge in [0.1, 0.15) is 0 Å². The molecule has 1 amide bonds. The first-order valence-corrected chi connectivity index (χ1v) is 8.76. The first-order valence-electron chi connectivity index (χ1n) is 7.56. The summed E-state index contributed by atoms with van der Waals surface area (Å²) in [5.41, 5.74) is 0.334. The number of rotatable bonds is 5. The fraction of sp³-hybridized carbons (Fsp3) is 0.235. The van der Waals surface area contributed by atoms with Crippen molar-refractivity contribution in [3.8, 4) is 0 Å². The molecule has 124 valence electrons. The molecule has 0 aliphatic rings. The number of likely N-dealkylation sites (N-methyl/N-ethyl adjacent to an activating group) is 1. The van der Waals surface area contributed by atoms with Crippen LogP contribution < -0.4 is 5.56 Å². The molecule has 3 aromatic rings. The molecule has 0 spiro atoms. The van der Waals surface area contributed by atoms with Crippen LogP contribution in [0.4, 0.5) is 0 Å². The zero-order valence-corrected chi connectivity index (χ0v) is 14.7. The Kier molecular flexibility index (Phi) is 4.97. The smallest absolute Gasteiger partial charge is 0.272 e. The summed E-state index contributed by atoms with van der Waals surface area (Å²) in [5, 5.41) is 7.79. The van der Waals surface area contributed by atoms with Crippen LogP contribution in [0.5, 0.6) is 0 Å². The second-order valence-electron chi connectivity index (χ2n) is 5.34. The quantitative estimate of drug-likeness (QED) is 0.758. The third-order valence-corrected chi connectivity index (χ3v) is 5.02. The first kappa shape index (κ1) is 16.7. The number of amides is 1. The highest BCUT2D eigenvalue weighted by atomic mass is 35.5. The number of fused-ring (bicyclic) bond motifs is 1. The Morgan fingerprint density at radius 2 is 2.00 bits per heavy atom. The van der Waals surface area contributed by atoms with Gasteiger partial charge in [-0.3, -0.25) is 9.59 Å². The van der Waals surface area contributed by atoms with Gasteiger partial charge in [0.2, 0.25) is 5.91 Å². The second kappa shape index (κ2) is 7.15. The number of H-pyrrole nitrogens is 1. The predicted molar refractivity (Wildman–Crippen MR) is 96.5 cm³/mol. The van der Waals surface area contributed by atoms with E-state index >= 15 is 0 Å². The van der Waals surface area contributed by atoms with E-state index in [0.29, 0.717) is 33.9 Å². The largest absolute Gasteiger partial charge is 0.337 e. The average Bonchev–Trinajstić information content (AvgIpc) is 3.00. The molecule has 0 aliphatic carbocycles. The zero-order chi connectivity index (χ0) is 17.1. The van der Waals surface area contributed by atoms with Gasteiger partial charge in [0.15, 0.2) is 0 Å². The van der Waals surface area contributed by atoms with Gasteiger partial charge in [0.25, 0.3) is 5.56 Å². The van der Waals surface area contributed by atoms with Gasteiger partial charge in [-0.2, -0.15) is 5.10 Å². The Bertz CT molecular complexity index is 935. The highest BCUT2D eigenvalue weighted by molar-refractivity contribution is 7.16. The van der Waals surface area contributed by atoms with Crippen LogP contribution in [0.3, 0.4) is 0 Å². The molecule has 24 heavy (non-hydrogen) atoms. The van der Waals surface area contributed by atoms with Crippen LogP contribution in [0.1, 0.15) is 17.5 Å². The number of benzene rings is 1. The van der Waals surface area contributed by atoms with Crippen LogP contribution in [0, 0.1) is 0 Å². The maximum Gasteiger partial charge on any atom is 0.272 e. The summed E-state index contributed by atoms with van der Waals surface area (Å²) >= 11 is 7.42. The Balaban J connectivity index is 1.83. The monoisotopic (exact) mass is 361 g/mol. The van der Waals surface area contributed by atoms with E-state index in [0.717, 1.165) is 4.88 Å². The lowest BCUT2D eigenvalue weighted by Crippen LogP contribution is -2.32. The number of aromatic amines is 1. The summed E-state index contributed by atoms with van der Waals surface area (Å²) in [6.45, 7) is 3.05. The van der Waals surface area contributed by atoms with E-state index < -0.39 is 0 Å². The Hall–Kier alpha value is -2.18. The number of aromatic nitrogens is 2. The third kappa shape index (κ3) is 3.49. The van der Waals surface area contributed by atoms with Gasteiger partial charge < -0.3 is 4.90 Å². The minimum Gasteiger partial charge on any atom is -0.337 e. The molecule has 1 aromatic carbocycles. The van der Waals surface area contributed by atoms with Gasteiger partial charge in [-0.1, -0.05) is 29.8 Å². The minimum absolute atomic E-state index is 0.0354. The molecule has 0 bridgehead atoms. The normalized spacial score (nSPS) is 10.9. The second-order valence-corrected chi connectivity index (χ2v) is 7.14. The molecule has 0 unspecified atom stereocenters. The van der Waals surface area contributed by atoms with Crippen molar-refractivity contribution in [3.05, 3.63) is 61.7 Å². The molecule has 3 rings (SSSR count). The van der Waals surface area contributed by atoms with E-state index in [2.05, 4.69) is 10.2 Å². The number of nitrogens with zero attached hydrogens (tertiary/aromatic N) is 2. The van der Waals surface area contributed by atoms with Gasteiger partial charge in [-0.25, -0.2) is 5.10 Å². The first-order chi connectivity index (χ1) is 11.6. The molecular weight excluding hydrogens is 346 g/mol. The van der Waals surface area contributed by atoms with E-state index in [9.17, 15) is 9.59 Å². The fourth-order valence-corrected chi connectivity index (χ4v) is 3.67. The lowest BCUT2D eigenvalue weighted by atomic mass is 10.1. The average molecular weight is 362 g/mol. The van der Waals surface area contributed by atoms with Crippen molar-refractivity contribution < 1.29 is 4.79 Å². The van der Waals surface area contributed by atoms with Crippen molar-refractivity contribution in [1.29, 1.82) is 0 Å². The van der Waals surface area contributed by atoms with E-state index in [4.69, 9.17) is 11.6 Å². The van der Waals surface area contributed by atoms with Gasteiger partial charge in [-0.15, -0.1) is 11.3 Å². The van der Waals surface area contributed by atoms with Crippen molar-refractivity contribution in [2.75, 3.05) is 6.54 Å². The van der Waals surface area contributed by atoms with Gasteiger partial charge in [0.05, 0.1) is 28.4 Å². The number of halogens is 1. The molecule has 0 atom stereocenters. The third-order valence-electron chi connectivity index (χ3n) is 3.80. The number of thiophene rings is 1. The number of nitrogens with one attached hydrogen (secondary N) is 1. The molecule has 5 nitrogen and oxygen atoms in total. The topological polar surface area (TPSA) is 66.1 Å². The number of hydrogen-bond acceptors (Lipinski definition) is 4. The Morgan fingerprint density at radius 1 is 1.25 bits per heavy atom. The summed E-state index contributed by atoms with van der Waals surface area (Å²) < 4.78 is 0.710. The molecule has 0 saturated heterocycles. The lowest BCUT2D eigenvalue weighted by Gasteiger charge is -2.20. The summed E-state index contributed by atoms with van der Waals surface area (Å²) in [5.74, 6) is -0.0354. The van der Waals surface area contributed by atoms with E-state index in [1.807, 2.05) is 31.2 Å². The lowest BCUT2D eigenvalue weighted by molar-refractivity contribution is -0.130. The van der Waals surface area contributed by atoms with Crippen LogP contribution in [-0.2, 0) is 17.8 Å². The van der Waals surface area contributed by atoms with E-state index in [-0.39, 0.29) is 17.9 Å². The summed E-state index contributed by atoms with van der Waals surface area (Å²) in [6.07, 6.45) is 0.143. The molecule has 7 heteroatoms. The van der Waals surface area contributed by atoms with E-state index in [1.165, 1.54) is 11.3 Å². The number of carbonyl (C=O) groups excluding carboxylic acids is 1. The molecule has 0 aliphatic heterocycles. The molecule has 0 fully saturated rings. The van der Waals surface area contributed by atoms with Crippen LogP contribution >= 0.6 is 22.9 Å². The SMILES string of the molecule is CCN(Cc1ccc(Cl)s1)C(=O)Cc1n[nH]c(=O)c2ccccc12. The van der Waals surface area contributed by atoms with Crippen molar-refractivity contribution in [2.24, 2.45) is 0 Å². The zero-order valence-electron chi connectivity index (χ0n) is 13.1. The highest BCUT2D eigenvalue weighted by Crippen LogP contribution is 2.23. The van der Waals surface area contributed by atoms with Gasteiger partial charge in [0, 0.05) is 16.8 Å². The fourth-order valence-electron chi connectivity index (χ4n) is 2.56. The van der Waals surface area contributed by atoms with Gasteiger partial charge >= 0.3 is 0 Å². The van der Waals surface area contributed by atoms with Crippen molar-refractivity contribution >= 4 is 39.6 Å². The van der Waals surface area contributed by atoms with Crippen LogP contribution in [-0.4, -0.2) is 27.5 Å². The van der Waals surface area contributed by atoms with Crippen molar-refractivity contribution in [1.82, 2.24) is 15.1 Å². The maximum absolute atomic E-state index is 12.6. The molecule has 2 heterocycles. The molecular formula is C17H16ClN3O2S. The molecule has 0 saturated carbocycles. The Labute approximate surface area is 147 Å². The minimum atomic E-state index is -0.248. The Morgan fingerprint density at radius 3 is 2.67 bits per heavy atom. The summed E-state index contributed by atoms with van der Waals surface area (Å²) in [6, 6.07) is 10.9. The van der Waals surface area contributed by atoms with Crippen molar-refractivity contribution in [2.45, 2.75) is 19.9 Å². The molecule has 0 radical (unpaired) electrons. The maximum atomic E-state index is 12.6. The van der Waals surface area contributed by atoms with Crippen molar-refractivity contribution in [3.63, 3.8) is 0 Å². The molecule has 1 N–H and O–H groups in total. The highest BCUT2D eigenvalue weighted by Gasteiger charge is 2.17. The predicted octanol–water partition coefficient (Wildman–Crippen LogP) is 3.23. The molecule has 2 aromatic heterocycles.